The van der Waals surface area contributed by atoms with E-state index < -0.39 is 0 Å². The molecule has 1 aliphatic heterocycles. The Labute approximate surface area is 64.9 Å². The van der Waals surface area contributed by atoms with E-state index in [0.717, 1.165) is 0 Å². The first-order chi connectivity index (χ1) is 5.33. The molecule has 0 radical (unpaired) electrons. The van der Waals surface area contributed by atoms with E-state index in [9.17, 15) is 0 Å². The smallest absolute Gasteiger partial charge is 0.158 e. The molecule has 0 aromatic heterocycles. The lowest BCUT2D eigenvalue weighted by Crippen LogP contribution is -2.13. The van der Waals surface area contributed by atoms with Crippen molar-refractivity contribution in [3.8, 4) is 0 Å². The van der Waals surface area contributed by atoms with Gasteiger partial charge in [0.05, 0.1) is 13.2 Å². The minimum Gasteiger partial charge on any atom is -0.350 e. The molecule has 0 aliphatic carbocycles. The van der Waals surface area contributed by atoms with Gasteiger partial charge in [0.1, 0.15) is 0 Å². The van der Waals surface area contributed by atoms with Gasteiger partial charge in [-0.05, 0) is 5.53 Å². The Hall–Kier alpha value is -0.770. The van der Waals surface area contributed by atoms with Crippen LogP contribution in [0.15, 0.2) is 5.11 Å². The fraction of sp³-hybridized carbons (Fsp3) is 1.00. The fourth-order valence-electron chi connectivity index (χ4n) is 0.957. The van der Waals surface area contributed by atoms with Crippen molar-refractivity contribution in [2.75, 3.05) is 13.2 Å². The summed E-state index contributed by atoms with van der Waals surface area (Å²) in [6, 6.07) is -0.0527. The lowest BCUT2D eigenvalue weighted by molar-refractivity contribution is -0.0495. The molecule has 0 aromatic carbocycles. The summed E-state index contributed by atoms with van der Waals surface area (Å²) in [5, 5.41) is 3.51. The summed E-state index contributed by atoms with van der Waals surface area (Å²) < 4.78 is 10.3. The van der Waals surface area contributed by atoms with Crippen molar-refractivity contribution < 1.29 is 9.47 Å². The molecule has 1 unspecified atom stereocenters. The molecule has 1 heterocycles. The Morgan fingerprint density at radius 2 is 2.27 bits per heavy atom. The first-order valence-electron chi connectivity index (χ1n) is 3.60. The van der Waals surface area contributed by atoms with Gasteiger partial charge in [0.15, 0.2) is 6.29 Å². The maximum atomic E-state index is 8.09. The Morgan fingerprint density at radius 3 is 2.82 bits per heavy atom. The van der Waals surface area contributed by atoms with E-state index in [2.05, 4.69) is 10.0 Å². The van der Waals surface area contributed by atoms with Crippen molar-refractivity contribution in [3.63, 3.8) is 0 Å². The second kappa shape index (κ2) is 4.18. The van der Waals surface area contributed by atoms with Crippen LogP contribution < -0.4 is 0 Å². The van der Waals surface area contributed by atoms with E-state index in [1.54, 1.807) is 0 Å². The van der Waals surface area contributed by atoms with Crippen LogP contribution in [0.1, 0.15) is 13.3 Å². The predicted molar refractivity (Wildman–Crippen MR) is 38.9 cm³/mol. The summed E-state index contributed by atoms with van der Waals surface area (Å²) in [5.41, 5.74) is 8.09. The molecule has 0 bridgehead atoms. The van der Waals surface area contributed by atoms with Crippen LogP contribution in [0.5, 0.6) is 0 Å². The van der Waals surface area contributed by atoms with Crippen molar-refractivity contribution in [1.82, 2.24) is 0 Å². The highest BCUT2D eigenvalue weighted by Gasteiger charge is 2.17. The van der Waals surface area contributed by atoms with Crippen molar-refractivity contribution in [2.45, 2.75) is 25.7 Å². The van der Waals surface area contributed by atoms with Crippen LogP contribution >= 0.6 is 0 Å². The molecule has 5 heteroatoms. The van der Waals surface area contributed by atoms with E-state index in [-0.39, 0.29) is 12.3 Å². The van der Waals surface area contributed by atoms with Gasteiger partial charge in [-0.15, -0.1) is 0 Å². The van der Waals surface area contributed by atoms with Crippen LogP contribution in [-0.2, 0) is 9.47 Å². The fourth-order valence-corrected chi connectivity index (χ4v) is 0.957. The molecule has 1 atom stereocenters. The summed E-state index contributed by atoms with van der Waals surface area (Å²) >= 11 is 0. The molecule has 0 saturated carbocycles. The minimum absolute atomic E-state index is 0.0527. The van der Waals surface area contributed by atoms with Crippen molar-refractivity contribution in [3.05, 3.63) is 10.4 Å². The monoisotopic (exact) mass is 157 g/mol. The molecule has 0 N–H and O–H groups in total. The number of hydrogen-bond acceptors (Lipinski definition) is 3. The van der Waals surface area contributed by atoms with Gasteiger partial charge >= 0.3 is 0 Å². The zero-order chi connectivity index (χ0) is 8.10. The Kier molecular flexibility index (Phi) is 3.16. The molecule has 0 aromatic rings. The van der Waals surface area contributed by atoms with E-state index in [1.165, 1.54) is 0 Å². The van der Waals surface area contributed by atoms with Gasteiger partial charge in [0, 0.05) is 17.4 Å². The number of azide groups is 1. The average Bonchev–Trinajstić information content (AvgIpc) is 2.40. The second-order valence-corrected chi connectivity index (χ2v) is 2.46. The topological polar surface area (TPSA) is 67.2 Å². The van der Waals surface area contributed by atoms with Gasteiger partial charge in [-0.25, -0.2) is 0 Å². The van der Waals surface area contributed by atoms with Crippen LogP contribution in [0.25, 0.3) is 10.4 Å². The van der Waals surface area contributed by atoms with E-state index in [0.29, 0.717) is 19.6 Å². The maximum Gasteiger partial charge on any atom is 0.158 e. The van der Waals surface area contributed by atoms with E-state index in [4.69, 9.17) is 15.0 Å². The third kappa shape index (κ3) is 2.76. The Balaban J connectivity index is 2.23. The van der Waals surface area contributed by atoms with Crippen LogP contribution in [0.2, 0.25) is 0 Å². The summed E-state index contributed by atoms with van der Waals surface area (Å²) in [5.74, 6) is 0. The molecular formula is C6H11N3O2. The molecule has 0 spiro atoms. The average molecular weight is 157 g/mol. The summed E-state index contributed by atoms with van der Waals surface area (Å²) in [4.78, 5) is 2.69. The molecule has 1 fully saturated rings. The molecule has 0 amide bonds. The molecule has 5 nitrogen and oxygen atoms in total. The largest absolute Gasteiger partial charge is 0.350 e. The van der Waals surface area contributed by atoms with Gasteiger partial charge in [0.2, 0.25) is 0 Å². The van der Waals surface area contributed by atoms with Crippen LogP contribution in [0.4, 0.5) is 0 Å². The lowest BCUT2D eigenvalue weighted by Gasteiger charge is -2.10. The summed E-state index contributed by atoms with van der Waals surface area (Å²) in [7, 11) is 0. The lowest BCUT2D eigenvalue weighted by atomic mass is 10.2. The third-order valence-corrected chi connectivity index (χ3v) is 1.47. The van der Waals surface area contributed by atoms with Crippen molar-refractivity contribution in [1.29, 1.82) is 0 Å². The number of hydrogen-bond donors (Lipinski definition) is 0. The molecule has 1 rings (SSSR count). The molecular weight excluding hydrogens is 146 g/mol. The number of ether oxygens (including phenoxy) is 2. The van der Waals surface area contributed by atoms with Crippen molar-refractivity contribution >= 4 is 0 Å². The number of rotatable bonds is 3. The Morgan fingerprint density at radius 1 is 1.64 bits per heavy atom. The normalized spacial score (nSPS) is 21.2. The van der Waals surface area contributed by atoms with Crippen molar-refractivity contribution in [2.24, 2.45) is 5.11 Å². The second-order valence-electron chi connectivity index (χ2n) is 2.46. The van der Waals surface area contributed by atoms with Crippen LogP contribution in [0.3, 0.4) is 0 Å². The summed E-state index contributed by atoms with van der Waals surface area (Å²) in [6.07, 6.45) is 0.472. The highest BCUT2D eigenvalue weighted by molar-refractivity contribution is 4.64. The molecule has 11 heavy (non-hydrogen) atoms. The van der Waals surface area contributed by atoms with Crippen LogP contribution in [0, 0.1) is 0 Å². The summed E-state index contributed by atoms with van der Waals surface area (Å²) in [6.45, 7) is 3.13. The van der Waals surface area contributed by atoms with Gasteiger partial charge in [-0.2, -0.15) is 0 Å². The quantitative estimate of drug-likeness (QED) is 0.353. The van der Waals surface area contributed by atoms with Gasteiger partial charge < -0.3 is 9.47 Å². The first kappa shape index (κ1) is 8.33. The van der Waals surface area contributed by atoms with E-state index >= 15 is 0 Å². The molecule has 1 saturated heterocycles. The third-order valence-electron chi connectivity index (χ3n) is 1.47. The minimum atomic E-state index is -0.171. The highest BCUT2D eigenvalue weighted by atomic mass is 16.7. The molecule has 62 valence electrons. The first-order valence-corrected chi connectivity index (χ1v) is 3.60. The Bertz CT molecular complexity index is 161. The highest BCUT2D eigenvalue weighted by Crippen LogP contribution is 2.11. The standard InChI is InChI=1S/C6H11N3O2/c1-5(8-9-7)4-6-10-2-3-11-6/h5-6H,2-4H2,1H3. The van der Waals surface area contributed by atoms with Gasteiger partial charge in [-0.1, -0.05) is 12.0 Å². The van der Waals surface area contributed by atoms with Gasteiger partial charge in [0.25, 0.3) is 0 Å². The predicted octanol–water partition coefficient (Wildman–Crippen LogP) is 1.45. The van der Waals surface area contributed by atoms with Gasteiger partial charge in [-0.3, -0.25) is 0 Å². The van der Waals surface area contributed by atoms with E-state index in [1.807, 2.05) is 6.92 Å². The zero-order valence-corrected chi connectivity index (χ0v) is 6.43. The molecule has 1 aliphatic rings. The maximum absolute atomic E-state index is 8.09. The van der Waals surface area contributed by atoms with Crippen LogP contribution in [-0.4, -0.2) is 25.5 Å². The zero-order valence-electron chi connectivity index (χ0n) is 6.43. The SMILES string of the molecule is CC(CC1OCCO1)N=[N+]=[N-]. The number of nitrogens with zero attached hydrogens (tertiary/aromatic N) is 3.